The predicted octanol–water partition coefficient (Wildman–Crippen LogP) is 1.86. The fraction of sp³-hybridized carbons (Fsp3) is 0.556. The summed E-state index contributed by atoms with van der Waals surface area (Å²) in [6.07, 6.45) is 1.15. The summed E-state index contributed by atoms with van der Waals surface area (Å²) in [6, 6.07) is 1.85. The molecule has 0 saturated carbocycles. The molecule has 0 radical (unpaired) electrons. The lowest BCUT2D eigenvalue weighted by Crippen LogP contribution is -2.11. The van der Waals surface area contributed by atoms with Gasteiger partial charge in [-0.1, -0.05) is 6.92 Å². The van der Waals surface area contributed by atoms with E-state index < -0.39 is 6.43 Å². The van der Waals surface area contributed by atoms with Gasteiger partial charge in [-0.15, -0.1) is 0 Å². The summed E-state index contributed by atoms with van der Waals surface area (Å²) in [5.74, 6) is 0. The van der Waals surface area contributed by atoms with Gasteiger partial charge in [0.05, 0.1) is 6.54 Å². The van der Waals surface area contributed by atoms with E-state index in [1.54, 1.807) is 12.4 Å². The third-order valence-electron chi connectivity index (χ3n) is 1.74. The highest BCUT2D eigenvalue weighted by Crippen LogP contribution is 2.04. The number of hydrogen-bond donors (Lipinski definition) is 1. The van der Waals surface area contributed by atoms with Crippen LogP contribution in [0.15, 0.2) is 18.5 Å². The molecule has 0 aliphatic heterocycles. The molecule has 0 aliphatic rings. The minimum Gasteiger partial charge on any atom is -0.348 e. The summed E-state index contributed by atoms with van der Waals surface area (Å²) < 4.78 is 25.4. The summed E-state index contributed by atoms with van der Waals surface area (Å²) >= 11 is 0. The summed E-state index contributed by atoms with van der Waals surface area (Å²) in [7, 11) is 0. The van der Waals surface area contributed by atoms with Crippen molar-refractivity contribution in [2.45, 2.75) is 26.4 Å². The number of nitrogens with one attached hydrogen (secondary N) is 1. The Morgan fingerprint density at radius 1 is 1.54 bits per heavy atom. The molecule has 13 heavy (non-hydrogen) atoms. The topological polar surface area (TPSA) is 17.0 Å². The Morgan fingerprint density at radius 2 is 2.31 bits per heavy atom. The second-order valence-corrected chi connectivity index (χ2v) is 2.89. The lowest BCUT2D eigenvalue weighted by Gasteiger charge is -2.00. The van der Waals surface area contributed by atoms with Crippen molar-refractivity contribution in [1.29, 1.82) is 0 Å². The smallest absolute Gasteiger partial charge is 0.256 e. The molecular formula is C9H14F2N2. The molecule has 1 aromatic rings. The highest BCUT2D eigenvalue weighted by molar-refractivity contribution is 5.09. The maximum Gasteiger partial charge on any atom is 0.256 e. The lowest BCUT2D eigenvalue weighted by molar-refractivity contribution is 0.126. The number of alkyl halides is 2. The van der Waals surface area contributed by atoms with Gasteiger partial charge in [0.15, 0.2) is 0 Å². The zero-order chi connectivity index (χ0) is 9.68. The van der Waals surface area contributed by atoms with Gasteiger partial charge in [0, 0.05) is 18.9 Å². The van der Waals surface area contributed by atoms with E-state index >= 15 is 0 Å². The van der Waals surface area contributed by atoms with Crippen molar-refractivity contribution >= 4 is 0 Å². The minimum atomic E-state index is -2.28. The zero-order valence-corrected chi connectivity index (χ0v) is 7.63. The molecule has 0 unspecified atom stereocenters. The van der Waals surface area contributed by atoms with Crippen LogP contribution in [0.3, 0.4) is 0 Å². The van der Waals surface area contributed by atoms with Crippen molar-refractivity contribution in [2.75, 3.05) is 6.54 Å². The molecule has 0 saturated heterocycles. The molecule has 0 bridgehead atoms. The van der Waals surface area contributed by atoms with E-state index in [2.05, 4.69) is 5.32 Å². The predicted molar refractivity (Wildman–Crippen MR) is 47.8 cm³/mol. The highest BCUT2D eigenvalue weighted by atomic mass is 19.3. The van der Waals surface area contributed by atoms with E-state index in [-0.39, 0.29) is 6.54 Å². The molecular weight excluding hydrogens is 174 g/mol. The molecule has 2 nitrogen and oxygen atoms in total. The van der Waals surface area contributed by atoms with Crippen molar-refractivity contribution in [3.63, 3.8) is 0 Å². The maximum atomic E-state index is 11.9. The van der Waals surface area contributed by atoms with Crippen LogP contribution in [0, 0.1) is 0 Å². The van der Waals surface area contributed by atoms with E-state index in [0.717, 1.165) is 18.7 Å². The van der Waals surface area contributed by atoms with E-state index in [0.29, 0.717) is 0 Å². The summed E-state index contributed by atoms with van der Waals surface area (Å²) in [5.41, 5.74) is 1.04. The fourth-order valence-electron chi connectivity index (χ4n) is 1.14. The summed E-state index contributed by atoms with van der Waals surface area (Å²) in [4.78, 5) is 0. The van der Waals surface area contributed by atoms with Gasteiger partial charge in [0.25, 0.3) is 6.43 Å². The summed E-state index contributed by atoms with van der Waals surface area (Å²) in [6.45, 7) is 3.43. The minimum absolute atomic E-state index is 0.216. The van der Waals surface area contributed by atoms with Gasteiger partial charge in [-0.25, -0.2) is 8.78 Å². The molecule has 4 heteroatoms. The average molecular weight is 188 g/mol. The summed E-state index contributed by atoms with van der Waals surface area (Å²) in [5, 5.41) is 3.13. The van der Waals surface area contributed by atoms with Crippen molar-refractivity contribution in [3.05, 3.63) is 24.0 Å². The molecule has 1 aromatic heterocycles. The maximum absolute atomic E-state index is 11.9. The van der Waals surface area contributed by atoms with E-state index in [4.69, 9.17) is 0 Å². The van der Waals surface area contributed by atoms with E-state index in [1.165, 1.54) is 4.57 Å². The van der Waals surface area contributed by atoms with Gasteiger partial charge in [-0.3, -0.25) is 0 Å². The first-order valence-electron chi connectivity index (χ1n) is 4.36. The van der Waals surface area contributed by atoms with Crippen LogP contribution in [0.1, 0.15) is 12.5 Å². The first kappa shape index (κ1) is 10.2. The number of halogens is 2. The van der Waals surface area contributed by atoms with Crippen LogP contribution in [0.5, 0.6) is 0 Å². The Bertz CT molecular complexity index is 246. The Hall–Kier alpha value is -0.900. The molecule has 1 N–H and O–H groups in total. The molecule has 1 rings (SSSR count). The highest BCUT2D eigenvalue weighted by Gasteiger charge is 2.03. The van der Waals surface area contributed by atoms with E-state index in [9.17, 15) is 8.78 Å². The largest absolute Gasteiger partial charge is 0.348 e. The Morgan fingerprint density at radius 3 is 2.92 bits per heavy atom. The molecule has 0 spiro atoms. The molecule has 1 heterocycles. The Kier molecular flexibility index (Phi) is 3.89. The monoisotopic (exact) mass is 188 g/mol. The quantitative estimate of drug-likeness (QED) is 0.746. The van der Waals surface area contributed by atoms with Gasteiger partial charge >= 0.3 is 0 Å². The lowest BCUT2D eigenvalue weighted by atomic mass is 10.3. The third-order valence-corrected chi connectivity index (χ3v) is 1.74. The van der Waals surface area contributed by atoms with Gasteiger partial charge in [-0.2, -0.15) is 0 Å². The number of hydrogen-bond acceptors (Lipinski definition) is 1. The fourth-order valence-corrected chi connectivity index (χ4v) is 1.14. The van der Waals surface area contributed by atoms with Crippen LogP contribution in [0.25, 0.3) is 0 Å². The van der Waals surface area contributed by atoms with Gasteiger partial charge in [0.1, 0.15) is 0 Å². The number of aromatic nitrogens is 1. The van der Waals surface area contributed by atoms with Gasteiger partial charge < -0.3 is 9.88 Å². The van der Waals surface area contributed by atoms with Crippen molar-refractivity contribution in [1.82, 2.24) is 9.88 Å². The first-order valence-corrected chi connectivity index (χ1v) is 4.36. The molecule has 0 aromatic carbocycles. The van der Waals surface area contributed by atoms with Crippen LogP contribution in [0.2, 0.25) is 0 Å². The van der Waals surface area contributed by atoms with Crippen LogP contribution in [-0.4, -0.2) is 17.5 Å². The van der Waals surface area contributed by atoms with Crippen molar-refractivity contribution in [2.24, 2.45) is 0 Å². The molecule has 0 atom stereocenters. The number of nitrogens with zero attached hydrogens (tertiary/aromatic N) is 1. The van der Waals surface area contributed by atoms with Crippen LogP contribution in [0.4, 0.5) is 8.78 Å². The SMILES string of the molecule is CCNCc1ccn(CC(F)F)c1. The molecule has 74 valence electrons. The van der Waals surface area contributed by atoms with Crippen LogP contribution in [-0.2, 0) is 13.1 Å². The molecule has 0 amide bonds. The van der Waals surface area contributed by atoms with Crippen molar-refractivity contribution < 1.29 is 8.78 Å². The van der Waals surface area contributed by atoms with Crippen molar-refractivity contribution in [3.8, 4) is 0 Å². The number of rotatable bonds is 5. The zero-order valence-electron chi connectivity index (χ0n) is 7.63. The molecule has 0 fully saturated rings. The van der Waals surface area contributed by atoms with Crippen LogP contribution < -0.4 is 5.32 Å². The average Bonchev–Trinajstić information content (AvgIpc) is 2.48. The third kappa shape index (κ3) is 3.55. The standard InChI is InChI=1S/C9H14F2N2/c1-2-12-5-8-3-4-13(6-8)7-9(10)11/h3-4,6,9,12H,2,5,7H2,1H3. The van der Waals surface area contributed by atoms with Gasteiger partial charge in [-0.05, 0) is 18.2 Å². The Labute approximate surface area is 76.6 Å². The second-order valence-electron chi connectivity index (χ2n) is 2.89. The van der Waals surface area contributed by atoms with E-state index in [1.807, 2.05) is 13.0 Å². The Balaban J connectivity index is 2.44. The molecule has 0 aliphatic carbocycles. The second kappa shape index (κ2) is 4.97. The van der Waals surface area contributed by atoms with Crippen LogP contribution >= 0.6 is 0 Å². The normalized spacial score (nSPS) is 11.1. The first-order chi connectivity index (χ1) is 6.22. The van der Waals surface area contributed by atoms with Gasteiger partial charge in [0.2, 0.25) is 0 Å².